The maximum Gasteiger partial charge on any atom is 0.293 e. The van der Waals surface area contributed by atoms with Gasteiger partial charge in [-0.15, -0.1) is 0 Å². The number of para-hydroxylation sites is 1. The lowest BCUT2D eigenvalue weighted by Gasteiger charge is -2.17. The van der Waals surface area contributed by atoms with Crippen molar-refractivity contribution in [3.05, 3.63) is 99.6 Å². The second-order valence-electron chi connectivity index (χ2n) is 7.67. The van der Waals surface area contributed by atoms with Crippen molar-refractivity contribution in [2.45, 2.75) is 19.4 Å². The number of hydrogen-bond acceptors (Lipinski definition) is 6. The van der Waals surface area contributed by atoms with Crippen LogP contribution < -0.4 is 15.1 Å². The molecular formula is C25H24N4O4. The molecule has 0 bridgehead atoms. The topological polar surface area (TPSA) is 97.1 Å². The fourth-order valence-electron chi connectivity index (χ4n) is 3.73. The predicted molar refractivity (Wildman–Crippen MR) is 127 cm³/mol. The zero-order valence-corrected chi connectivity index (χ0v) is 18.0. The first-order chi connectivity index (χ1) is 16.1. The molecule has 168 valence electrons. The van der Waals surface area contributed by atoms with Gasteiger partial charge in [0.1, 0.15) is 18.0 Å². The number of hydrogen-bond donors (Lipinski definition) is 1. The lowest BCUT2D eigenvalue weighted by molar-refractivity contribution is -0.384. The van der Waals surface area contributed by atoms with Gasteiger partial charge in [-0.1, -0.05) is 48.5 Å². The van der Waals surface area contributed by atoms with Crippen LogP contribution in [0.2, 0.25) is 0 Å². The molecule has 1 fully saturated rings. The molecule has 0 aliphatic carbocycles. The van der Waals surface area contributed by atoms with Crippen LogP contribution in [0, 0.1) is 10.1 Å². The lowest BCUT2D eigenvalue weighted by Crippen LogP contribution is -2.19. The summed E-state index contributed by atoms with van der Waals surface area (Å²) in [5, 5.41) is 15.5. The van der Waals surface area contributed by atoms with Gasteiger partial charge in [-0.25, -0.2) is 5.43 Å². The van der Waals surface area contributed by atoms with E-state index in [4.69, 9.17) is 4.74 Å². The molecule has 0 radical (unpaired) electrons. The van der Waals surface area contributed by atoms with Gasteiger partial charge in [0.2, 0.25) is 0 Å². The molecule has 0 spiro atoms. The Morgan fingerprint density at radius 3 is 2.55 bits per heavy atom. The molecule has 1 aliphatic rings. The maximum absolute atomic E-state index is 12.7. The fraction of sp³-hybridized carbons (Fsp3) is 0.200. The van der Waals surface area contributed by atoms with Crippen LogP contribution in [0.25, 0.3) is 0 Å². The summed E-state index contributed by atoms with van der Waals surface area (Å²) < 4.78 is 5.82. The van der Waals surface area contributed by atoms with Gasteiger partial charge < -0.3 is 9.64 Å². The molecule has 1 aliphatic heterocycles. The summed E-state index contributed by atoms with van der Waals surface area (Å²) >= 11 is 0. The Hall–Kier alpha value is -4.20. The third-order valence-electron chi connectivity index (χ3n) is 5.39. The average Bonchev–Trinajstić information content (AvgIpc) is 3.38. The number of anilines is 1. The number of carbonyl (C=O) groups is 1. The van der Waals surface area contributed by atoms with Crippen molar-refractivity contribution in [3.63, 3.8) is 0 Å². The summed E-state index contributed by atoms with van der Waals surface area (Å²) in [5.41, 5.74) is 4.99. The summed E-state index contributed by atoms with van der Waals surface area (Å²) in [6.07, 6.45) is 3.46. The highest BCUT2D eigenvalue weighted by molar-refractivity contribution is 5.97. The number of benzene rings is 3. The number of hydrazone groups is 1. The van der Waals surface area contributed by atoms with Crippen molar-refractivity contribution in [2.24, 2.45) is 5.10 Å². The van der Waals surface area contributed by atoms with Gasteiger partial charge in [-0.05, 0) is 36.6 Å². The van der Waals surface area contributed by atoms with E-state index in [2.05, 4.69) is 10.5 Å². The number of amides is 1. The Kier molecular flexibility index (Phi) is 6.94. The van der Waals surface area contributed by atoms with E-state index in [9.17, 15) is 14.9 Å². The first-order valence-electron chi connectivity index (χ1n) is 10.7. The van der Waals surface area contributed by atoms with E-state index in [0.29, 0.717) is 29.2 Å². The number of rotatable bonds is 8. The minimum atomic E-state index is -0.432. The van der Waals surface area contributed by atoms with Crippen LogP contribution in [0.3, 0.4) is 0 Å². The van der Waals surface area contributed by atoms with E-state index in [0.717, 1.165) is 31.5 Å². The van der Waals surface area contributed by atoms with Gasteiger partial charge in [0.15, 0.2) is 0 Å². The summed E-state index contributed by atoms with van der Waals surface area (Å²) in [6.45, 7) is 1.97. The molecule has 33 heavy (non-hydrogen) atoms. The summed E-state index contributed by atoms with van der Waals surface area (Å²) in [7, 11) is 0. The molecule has 3 aromatic rings. The van der Waals surface area contributed by atoms with Crippen molar-refractivity contribution in [1.82, 2.24) is 5.43 Å². The molecule has 1 heterocycles. The van der Waals surface area contributed by atoms with Crippen LogP contribution in [0.1, 0.15) is 34.3 Å². The number of ether oxygens (including phenoxy) is 1. The van der Waals surface area contributed by atoms with Crippen molar-refractivity contribution in [2.75, 3.05) is 18.0 Å². The van der Waals surface area contributed by atoms with E-state index >= 15 is 0 Å². The number of nitro groups is 1. The van der Waals surface area contributed by atoms with Gasteiger partial charge in [0.25, 0.3) is 11.6 Å². The molecule has 0 saturated carbocycles. The first kappa shape index (κ1) is 22.0. The van der Waals surface area contributed by atoms with E-state index < -0.39 is 5.91 Å². The third-order valence-corrected chi connectivity index (χ3v) is 5.39. The van der Waals surface area contributed by atoms with Crippen LogP contribution in [0.5, 0.6) is 5.75 Å². The Balaban J connectivity index is 1.43. The van der Waals surface area contributed by atoms with Crippen LogP contribution in [-0.4, -0.2) is 30.1 Å². The van der Waals surface area contributed by atoms with Gasteiger partial charge in [-0.3, -0.25) is 14.9 Å². The summed E-state index contributed by atoms with van der Waals surface area (Å²) in [6, 6.07) is 21.5. The van der Waals surface area contributed by atoms with Crippen LogP contribution in [0.4, 0.5) is 11.4 Å². The normalized spacial score (nSPS) is 13.3. The maximum atomic E-state index is 12.7. The minimum absolute atomic E-state index is 0.0341. The van der Waals surface area contributed by atoms with E-state index in [-0.39, 0.29) is 10.6 Å². The quantitative estimate of drug-likeness (QED) is 0.313. The number of nitrogens with one attached hydrogen (secondary N) is 1. The standard InChI is InChI=1S/C25H24N4O4/c30-25(21-10-4-5-11-24(21)33-18-19-8-2-1-3-9-19)27-26-17-20-12-13-22(23(16-20)29(31)32)28-14-6-7-15-28/h1-5,8-13,16-17H,6-7,14-15,18H2,(H,27,30)/b26-17+. The van der Waals surface area contributed by atoms with Gasteiger partial charge in [0, 0.05) is 24.7 Å². The summed E-state index contributed by atoms with van der Waals surface area (Å²) in [4.78, 5) is 25.8. The second-order valence-corrected chi connectivity index (χ2v) is 7.67. The van der Waals surface area contributed by atoms with E-state index in [1.165, 1.54) is 12.3 Å². The minimum Gasteiger partial charge on any atom is -0.488 e. The number of nitrogens with zero attached hydrogens (tertiary/aromatic N) is 3. The molecule has 3 aromatic carbocycles. The van der Waals surface area contributed by atoms with Crippen molar-refractivity contribution in [3.8, 4) is 5.75 Å². The van der Waals surface area contributed by atoms with Gasteiger partial charge in [0.05, 0.1) is 16.7 Å². The molecule has 1 N–H and O–H groups in total. The lowest BCUT2D eigenvalue weighted by atomic mass is 10.1. The molecule has 0 atom stereocenters. The number of carbonyl (C=O) groups excluding carboxylic acids is 1. The Bertz CT molecular complexity index is 1160. The highest BCUT2D eigenvalue weighted by atomic mass is 16.6. The molecule has 8 nitrogen and oxygen atoms in total. The monoisotopic (exact) mass is 444 g/mol. The molecular weight excluding hydrogens is 420 g/mol. The Morgan fingerprint density at radius 1 is 1.06 bits per heavy atom. The predicted octanol–water partition coefficient (Wildman–Crippen LogP) is 4.54. The van der Waals surface area contributed by atoms with Crippen LogP contribution in [-0.2, 0) is 6.61 Å². The van der Waals surface area contributed by atoms with Gasteiger partial charge >= 0.3 is 0 Å². The second kappa shape index (κ2) is 10.4. The fourth-order valence-corrected chi connectivity index (χ4v) is 3.73. The molecule has 0 unspecified atom stereocenters. The molecule has 0 aromatic heterocycles. The van der Waals surface area contributed by atoms with Crippen molar-refractivity contribution >= 4 is 23.5 Å². The van der Waals surface area contributed by atoms with Crippen LogP contribution in [0.15, 0.2) is 77.9 Å². The van der Waals surface area contributed by atoms with E-state index in [1.54, 1.807) is 36.4 Å². The first-order valence-corrected chi connectivity index (χ1v) is 10.7. The summed E-state index contributed by atoms with van der Waals surface area (Å²) in [5.74, 6) is 0.0118. The zero-order chi connectivity index (χ0) is 23.0. The highest BCUT2D eigenvalue weighted by Crippen LogP contribution is 2.31. The zero-order valence-electron chi connectivity index (χ0n) is 18.0. The molecule has 8 heteroatoms. The SMILES string of the molecule is O=C(N/N=C/c1ccc(N2CCCC2)c([N+](=O)[O-])c1)c1ccccc1OCc1ccccc1. The molecule has 1 amide bonds. The Morgan fingerprint density at radius 2 is 1.79 bits per heavy atom. The molecule has 1 saturated heterocycles. The third kappa shape index (κ3) is 5.54. The van der Waals surface area contributed by atoms with Crippen molar-refractivity contribution < 1.29 is 14.5 Å². The van der Waals surface area contributed by atoms with E-state index in [1.807, 2.05) is 35.2 Å². The highest BCUT2D eigenvalue weighted by Gasteiger charge is 2.22. The van der Waals surface area contributed by atoms with Gasteiger partial charge in [-0.2, -0.15) is 5.10 Å². The largest absolute Gasteiger partial charge is 0.488 e. The van der Waals surface area contributed by atoms with Crippen LogP contribution >= 0.6 is 0 Å². The smallest absolute Gasteiger partial charge is 0.293 e. The van der Waals surface area contributed by atoms with Crippen molar-refractivity contribution in [1.29, 1.82) is 0 Å². The number of nitro benzene ring substituents is 1. The molecule has 4 rings (SSSR count). The Labute approximate surface area is 191 Å². The average molecular weight is 444 g/mol.